The highest BCUT2D eigenvalue weighted by molar-refractivity contribution is 5.30. The fraction of sp³-hybridized carbons (Fsp3) is 0.700. The van der Waals surface area contributed by atoms with Gasteiger partial charge in [0, 0.05) is 17.7 Å². The third-order valence-electron chi connectivity index (χ3n) is 2.46. The maximum absolute atomic E-state index is 5.56. The Morgan fingerprint density at radius 2 is 2.31 bits per heavy atom. The molecule has 0 aliphatic heterocycles. The van der Waals surface area contributed by atoms with E-state index in [1.165, 1.54) is 25.0 Å². The zero-order valence-corrected chi connectivity index (χ0v) is 8.51. The lowest BCUT2D eigenvalue weighted by molar-refractivity contribution is 0.556. The van der Waals surface area contributed by atoms with Gasteiger partial charge in [-0.3, -0.25) is 5.10 Å². The van der Waals surface area contributed by atoms with Gasteiger partial charge in [-0.1, -0.05) is 26.7 Å². The van der Waals surface area contributed by atoms with Crippen LogP contribution >= 0.6 is 0 Å². The second-order valence-electron chi connectivity index (χ2n) is 3.50. The minimum Gasteiger partial charge on any atom is -0.382 e. The molecular formula is C10H19N3. The van der Waals surface area contributed by atoms with Crippen molar-refractivity contribution >= 4 is 5.82 Å². The first-order valence-corrected chi connectivity index (χ1v) is 5.08. The maximum Gasteiger partial charge on any atom is 0.145 e. The normalized spacial score (nSPS) is 13.1. The average Bonchev–Trinajstić information content (AvgIpc) is 2.54. The lowest BCUT2D eigenvalue weighted by Gasteiger charge is -2.11. The Morgan fingerprint density at radius 1 is 1.54 bits per heavy atom. The molecule has 3 heteroatoms. The summed E-state index contributed by atoms with van der Waals surface area (Å²) < 4.78 is 0. The van der Waals surface area contributed by atoms with Crippen LogP contribution in [0.1, 0.15) is 51.1 Å². The summed E-state index contributed by atoms with van der Waals surface area (Å²) in [5.41, 5.74) is 6.75. The molecule has 1 aromatic heterocycles. The second kappa shape index (κ2) is 4.90. The Hall–Kier alpha value is -0.990. The molecule has 3 nitrogen and oxygen atoms in total. The summed E-state index contributed by atoms with van der Waals surface area (Å²) in [4.78, 5) is 0. The number of nitrogens with zero attached hydrogens (tertiary/aromatic N) is 1. The van der Waals surface area contributed by atoms with Crippen molar-refractivity contribution in [2.45, 2.75) is 45.4 Å². The minimum atomic E-state index is 0.602. The molecule has 0 radical (unpaired) electrons. The fourth-order valence-corrected chi connectivity index (χ4v) is 1.59. The minimum absolute atomic E-state index is 0.602. The molecule has 0 amide bonds. The highest BCUT2D eigenvalue weighted by atomic mass is 15.2. The largest absolute Gasteiger partial charge is 0.382 e. The van der Waals surface area contributed by atoms with Crippen molar-refractivity contribution < 1.29 is 0 Å². The SMILES string of the molecule is CCCC[C@H](CC)c1cc(N)n[nH]1. The fourth-order valence-electron chi connectivity index (χ4n) is 1.59. The van der Waals surface area contributed by atoms with Gasteiger partial charge < -0.3 is 5.73 Å². The van der Waals surface area contributed by atoms with Crippen molar-refractivity contribution in [3.05, 3.63) is 11.8 Å². The van der Waals surface area contributed by atoms with E-state index in [0.29, 0.717) is 11.7 Å². The van der Waals surface area contributed by atoms with Crippen LogP contribution in [0.4, 0.5) is 5.82 Å². The highest BCUT2D eigenvalue weighted by Gasteiger charge is 2.10. The van der Waals surface area contributed by atoms with Crippen LogP contribution in [0, 0.1) is 0 Å². The van der Waals surface area contributed by atoms with E-state index in [0.717, 1.165) is 6.42 Å². The first-order valence-electron chi connectivity index (χ1n) is 5.08. The van der Waals surface area contributed by atoms with Crippen LogP contribution in [0.2, 0.25) is 0 Å². The number of nitrogen functional groups attached to an aromatic ring is 1. The van der Waals surface area contributed by atoms with E-state index in [-0.39, 0.29) is 0 Å². The summed E-state index contributed by atoms with van der Waals surface area (Å²) in [6.45, 7) is 4.42. The predicted molar refractivity (Wildman–Crippen MR) is 55.6 cm³/mol. The smallest absolute Gasteiger partial charge is 0.145 e. The summed E-state index contributed by atoms with van der Waals surface area (Å²) in [6, 6.07) is 1.95. The van der Waals surface area contributed by atoms with E-state index in [1.54, 1.807) is 0 Å². The Bertz CT molecular complexity index is 242. The van der Waals surface area contributed by atoms with Crippen molar-refractivity contribution in [1.82, 2.24) is 10.2 Å². The maximum atomic E-state index is 5.56. The lowest BCUT2D eigenvalue weighted by Crippen LogP contribution is -1.97. The zero-order valence-electron chi connectivity index (χ0n) is 8.51. The molecule has 3 N–H and O–H groups in total. The molecular weight excluding hydrogens is 162 g/mol. The van der Waals surface area contributed by atoms with Gasteiger partial charge in [-0.2, -0.15) is 5.10 Å². The number of unbranched alkanes of at least 4 members (excludes halogenated alkanes) is 1. The van der Waals surface area contributed by atoms with E-state index >= 15 is 0 Å². The monoisotopic (exact) mass is 181 g/mol. The number of rotatable bonds is 5. The number of nitrogens with one attached hydrogen (secondary N) is 1. The molecule has 0 bridgehead atoms. The molecule has 1 rings (SSSR count). The first kappa shape index (κ1) is 10.1. The van der Waals surface area contributed by atoms with Crippen LogP contribution in [-0.2, 0) is 0 Å². The second-order valence-corrected chi connectivity index (χ2v) is 3.50. The van der Waals surface area contributed by atoms with Crippen molar-refractivity contribution in [2.75, 3.05) is 5.73 Å². The van der Waals surface area contributed by atoms with Gasteiger partial charge in [0.25, 0.3) is 0 Å². The number of hydrogen-bond acceptors (Lipinski definition) is 2. The number of anilines is 1. The van der Waals surface area contributed by atoms with Gasteiger partial charge in [-0.05, 0) is 12.8 Å². The molecule has 0 fully saturated rings. The Labute approximate surface area is 79.7 Å². The summed E-state index contributed by atoms with van der Waals surface area (Å²) >= 11 is 0. The molecule has 0 spiro atoms. The van der Waals surface area contributed by atoms with E-state index in [9.17, 15) is 0 Å². The predicted octanol–water partition coefficient (Wildman–Crippen LogP) is 2.68. The molecule has 13 heavy (non-hydrogen) atoms. The Kier molecular flexibility index (Phi) is 3.80. The molecule has 0 saturated heterocycles. The van der Waals surface area contributed by atoms with Gasteiger partial charge >= 0.3 is 0 Å². The number of hydrogen-bond donors (Lipinski definition) is 2. The molecule has 0 saturated carbocycles. The quantitative estimate of drug-likeness (QED) is 0.733. The van der Waals surface area contributed by atoms with Crippen LogP contribution in [0.25, 0.3) is 0 Å². The van der Waals surface area contributed by atoms with Crippen LogP contribution in [0.5, 0.6) is 0 Å². The van der Waals surface area contributed by atoms with E-state index in [4.69, 9.17) is 5.73 Å². The third-order valence-corrected chi connectivity index (χ3v) is 2.46. The Balaban J connectivity index is 2.56. The van der Waals surface area contributed by atoms with Crippen molar-refractivity contribution in [1.29, 1.82) is 0 Å². The van der Waals surface area contributed by atoms with Crippen LogP contribution < -0.4 is 5.73 Å². The molecule has 1 aromatic rings. The zero-order chi connectivity index (χ0) is 9.68. The van der Waals surface area contributed by atoms with E-state index in [2.05, 4.69) is 24.0 Å². The molecule has 0 aliphatic rings. The lowest BCUT2D eigenvalue weighted by atomic mass is 9.96. The summed E-state index contributed by atoms with van der Waals surface area (Å²) in [6.07, 6.45) is 4.91. The number of aromatic amines is 1. The first-order chi connectivity index (χ1) is 6.27. The van der Waals surface area contributed by atoms with Gasteiger partial charge in [0.05, 0.1) is 0 Å². The van der Waals surface area contributed by atoms with E-state index in [1.807, 2.05) is 6.07 Å². The number of aromatic nitrogens is 2. The van der Waals surface area contributed by atoms with Gasteiger partial charge in [-0.15, -0.1) is 0 Å². The van der Waals surface area contributed by atoms with Crippen LogP contribution in [-0.4, -0.2) is 10.2 Å². The van der Waals surface area contributed by atoms with Gasteiger partial charge in [0.15, 0.2) is 0 Å². The van der Waals surface area contributed by atoms with Gasteiger partial charge in [0.1, 0.15) is 5.82 Å². The molecule has 1 atom stereocenters. The summed E-state index contributed by atoms with van der Waals surface area (Å²) in [7, 11) is 0. The molecule has 74 valence electrons. The van der Waals surface area contributed by atoms with E-state index < -0.39 is 0 Å². The topological polar surface area (TPSA) is 54.7 Å². The van der Waals surface area contributed by atoms with Crippen molar-refractivity contribution in [2.24, 2.45) is 0 Å². The molecule has 0 aliphatic carbocycles. The molecule has 0 aromatic carbocycles. The van der Waals surface area contributed by atoms with Crippen molar-refractivity contribution in [3.8, 4) is 0 Å². The summed E-state index contributed by atoms with van der Waals surface area (Å²) in [5, 5.41) is 6.94. The Morgan fingerprint density at radius 3 is 2.77 bits per heavy atom. The summed E-state index contributed by atoms with van der Waals surface area (Å²) in [5.74, 6) is 1.20. The highest BCUT2D eigenvalue weighted by Crippen LogP contribution is 2.24. The average molecular weight is 181 g/mol. The van der Waals surface area contributed by atoms with Gasteiger partial charge in [-0.25, -0.2) is 0 Å². The van der Waals surface area contributed by atoms with Crippen molar-refractivity contribution in [3.63, 3.8) is 0 Å². The number of H-pyrrole nitrogens is 1. The van der Waals surface area contributed by atoms with Gasteiger partial charge in [0.2, 0.25) is 0 Å². The van der Waals surface area contributed by atoms with Crippen LogP contribution in [0.3, 0.4) is 0 Å². The standard InChI is InChI=1S/C10H19N3/c1-3-5-6-8(4-2)9-7-10(11)13-12-9/h7-8H,3-6H2,1-2H3,(H3,11,12,13)/t8-/m0/s1. The third kappa shape index (κ3) is 2.76. The molecule has 1 heterocycles. The number of nitrogens with two attached hydrogens (primary N) is 1. The van der Waals surface area contributed by atoms with Crippen LogP contribution in [0.15, 0.2) is 6.07 Å². The molecule has 0 unspecified atom stereocenters.